The maximum atomic E-state index is 12.8. The first kappa shape index (κ1) is 24.1. The predicted molar refractivity (Wildman–Crippen MR) is 128 cm³/mol. The van der Waals surface area contributed by atoms with E-state index in [2.05, 4.69) is 10.6 Å². The molecule has 1 atom stereocenters. The number of hydrogen-bond acceptors (Lipinski definition) is 4. The molecule has 0 spiro atoms. The fourth-order valence-electron chi connectivity index (χ4n) is 4.46. The molecule has 3 rings (SSSR count). The Labute approximate surface area is 191 Å². The molecule has 1 saturated carbocycles. The number of nitrogens with two attached hydrogens (primary N) is 1. The molecule has 0 unspecified atom stereocenters. The lowest BCUT2D eigenvalue weighted by molar-refractivity contribution is -0.130. The number of hydrogen-bond donors (Lipinski definition) is 3. The van der Waals surface area contributed by atoms with Gasteiger partial charge in [0.1, 0.15) is 11.8 Å². The Morgan fingerprint density at radius 1 is 1.03 bits per heavy atom. The third kappa shape index (κ3) is 7.52. The highest BCUT2D eigenvalue weighted by Gasteiger charge is 2.21. The van der Waals surface area contributed by atoms with Crippen molar-refractivity contribution >= 4 is 22.6 Å². The summed E-state index contributed by atoms with van der Waals surface area (Å²) >= 11 is 0. The lowest BCUT2D eigenvalue weighted by Gasteiger charge is -2.23. The van der Waals surface area contributed by atoms with Crippen LogP contribution in [0.2, 0.25) is 0 Å². The van der Waals surface area contributed by atoms with Crippen LogP contribution in [0.3, 0.4) is 0 Å². The average molecular weight is 440 g/mol. The number of rotatable bonds is 12. The molecule has 0 aliphatic heterocycles. The summed E-state index contributed by atoms with van der Waals surface area (Å²) in [4.78, 5) is 25.3. The van der Waals surface area contributed by atoms with E-state index in [1.165, 1.54) is 32.1 Å². The Balaban J connectivity index is 1.50. The van der Waals surface area contributed by atoms with Gasteiger partial charge in [0.25, 0.3) is 5.91 Å². The normalized spacial score (nSPS) is 15.3. The number of nitrogens with one attached hydrogen (secondary N) is 2. The van der Waals surface area contributed by atoms with Gasteiger partial charge in [0.2, 0.25) is 5.91 Å². The second-order valence-corrected chi connectivity index (χ2v) is 8.75. The van der Waals surface area contributed by atoms with Crippen molar-refractivity contribution in [1.82, 2.24) is 10.6 Å². The van der Waals surface area contributed by atoms with E-state index in [1.807, 2.05) is 42.5 Å². The van der Waals surface area contributed by atoms with Crippen molar-refractivity contribution in [3.05, 3.63) is 42.5 Å². The molecule has 0 heterocycles. The van der Waals surface area contributed by atoms with Gasteiger partial charge in [-0.25, -0.2) is 0 Å². The van der Waals surface area contributed by atoms with Crippen LogP contribution < -0.4 is 21.1 Å². The minimum absolute atomic E-state index is 0.114. The van der Waals surface area contributed by atoms with E-state index in [1.54, 1.807) is 0 Å². The van der Waals surface area contributed by atoms with Gasteiger partial charge in [-0.1, -0.05) is 68.5 Å². The van der Waals surface area contributed by atoms with Crippen LogP contribution in [0.5, 0.6) is 5.75 Å². The standard InChI is InChI=1S/C26H37N3O3/c27-17-7-6-14-23(26(31)28-18-16-20-9-2-1-3-10-20)29-25(30)19-32-24-15-8-12-21-11-4-5-13-22(21)24/h4-5,8,11-13,15,20,23H,1-3,6-7,9-10,14,16-19,27H2,(H,28,31)(H,29,30)/t23-/m0/s1. The number of carbonyl (C=O) groups is 2. The molecule has 1 fully saturated rings. The van der Waals surface area contributed by atoms with Crippen molar-refractivity contribution < 1.29 is 14.3 Å². The van der Waals surface area contributed by atoms with Crippen LogP contribution in [-0.4, -0.2) is 37.6 Å². The maximum absolute atomic E-state index is 12.8. The van der Waals surface area contributed by atoms with Crippen LogP contribution in [0.1, 0.15) is 57.8 Å². The fraction of sp³-hybridized carbons (Fsp3) is 0.538. The predicted octanol–water partition coefficient (Wildman–Crippen LogP) is 3.92. The molecule has 0 saturated heterocycles. The molecule has 0 radical (unpaired) electrons. The molecule has 6 heteroatoms. The molecule has 32 heavy (non-hydrogen) atoms. The third-order valence-corrected chi connectivity index (χ3v) is 6.28. The summed E-state index contributed by atoms with van der Waals surface area (Å²) in [5, 5.41) is 7.92. The zero-order chi connectivity index (χ0) is 22.6. The third-order valence-electron chi connectivity index (χ3n) is 6.28. The molecular formula is C26H37N3O3. The van der Waals surface area contributed by atoms with Crippen LogP contribution in [0.4, 0.5) is 0 Å². The number of ether oxygens (including phenoxy) is 1. The number of carbonyl (C=O) groups excluding carboxylic acids is 2. The molecule has 174 valence electrons. The number of unbranched alkanes of at least 4 members (excludes halogenated alkanes) is 1. The zero-order valence-corrected chi connectivity index (χ0v) is 19.0. The summed E-state index contributed by atoms with van der Waals surface area (Å²) in [5.74, 6) is 0.966. The van der Waals surface area contributed by atoms with Crippen LogP contribution in [0.15, 0.2) is 42.5 Å². The molecule has 1 aliphatic rings. The van der Waals surface area contributed by atoms with Gasteiger partial charge in [0.15, 0.2) is 6.61 Å². The highest BCUT2D eigenvalue weighted by Crippen LogP contribution is 2.26. The van der Waals surface area contributed by atoms with E-state index in [4.69, 9.17) is 10.5 Å². The molecule has 4 N–H and O–H groups in total. The van der Waals surface area contributed by atoms with Crippen LogP contribution >= 0.6 is 0 Å². The molecule has 2 aromatic rings. The van der Waals surface area contributed by atoms with E-state index in [0.29, 0.717) is 31.2 Å². The summed E-state index contributed by atoms with van der Waals surface area (Å²) in [6.45, 7) is 1.12. The van der Waals surface area contributed by atoms with E-state index >= 15 is 0 Å². The van der Waals surface area contributed by atoms with Gasteiger partial charge in [0.05, 0.1) is 0 Å². The average Bonchev–Trinajstić information content (AvgIpc) is 2.83. The minimum Gasteiger partial charge on any atom is -0.483 e. The quantitative estimate of drug-likeness (QED) is 0.437. The first-order chi connectivity index (χ1) is 15.7. The van der Waals surface area contributed by atoms with Gasteiger partial charge in [-0.15, -0.1) is 0 Å². The maximum Gasteiger partial charge on any atom is 0.258 e. The van der Waals surface area contributed by atoms with E-state index in [0.717, 1.165) is 30.0 Å². The molecule has 0 bridgehead atoms. The fourth-order valence-corrected chi connectivity index (χ4v) is 4.46. The van der Waals surface area contributed by atoms with Gasteiger partial charge in [-0.3, -0.25) is 9.59 Å². The van der Waals surface area contributed by atoms with Gasteiger partial charge in [0, 0.05) is 11.9 Å². The first-order valence-electron chi connectivity index (χ1n) is 12.0. The number of amides is 2. The van der Waals surface area contributed by atoms with Crippen molar-refractivity contribution in [3.8, 4) is 5.75 Å². The molecule has 0 aromatic heterocycles. The molecule has 2 aromatic carbocycles. The topological polar surface area (TPSA) is 93.4 Å². The van der Waals surface area contributed by atoms with E-state index < -0.39 is 6.04 Å². The second kappa shape index (κ2) is 13.1. The Morgan fingerprint density at radius 3 is 2.62 bits per heavy atom. The number of fused-ring (bicyclic) bond motifs is 1. The summed E-state index contributed by atoms with van der Waals surface area (Å²) in [7, 11) is 0. The van der Waals surface area contributed by atoms with Crippen LogP contribution in [-0.2, 0) is 9.59 Å². The van der Waals surface area contributed by atoms with Gasteiger partial charge >= 0.3 is 0 Å². The van der Waals surface area contributed by atoms with E-state index in [9.17, 15) is 9.59 Å². The largest absolute Gasteiger partial charge is 0.483 e. The second-order valence-electron chi connectivity index (χ2n) is 8.75. The Kier molecular flexibility index (Phi) is 9.82. The minimum atomic E-state index is -0.559. The van der Waals surface area contributed by atoms with Crippen molar-refractivity contribution in [2.45, 2.75) is 63.8 Å². The van der Waals surface area contributed by atoms with Crippen molar-refractivity contribution in [3.63, 3.8) is 0 Å². The van der Waals surface area contributed by atoms with Crippen LogP contribution in [0.25, 0.3) is 10.8 Å². The van der Waals surface area contributed by atoms with Crippen molar-refractivity contribution in [2.75, 3.05) is 19.7 Å². The van der Waals surface area contributed by atoms with Gasteiger partial charge < -0.3 is 21.1 Å². The SMILES string of the molecule is NCCCC[C@H](NC(=O)COc1cccc2ccccc12)C(=O)NCCC1CCCCC1. The first-order valence-corrected chi connectivity index (χ1v) is 12.0. The smallest absolute Gasteiger partial charge is 0.258 e. The Morgan fingerprint density at radius 2 is 1.81 bits per heavy atom. The van der Waals surface area contributed by atoms with Crippen molar-refractivity contribution in [1.29, 1.82) is 0 Å². The Hall–Kier alpha value is -2.60. The highest BCUT2D eigenvalue weighted by atomic mass is 16.5. The Bertz CT molecular complexity index is 859. The monoisotopic (exact) mass is 439 g/mol. The summed E-state index contributed by atoms with van der Waals surface area (Å²) < 4.78 is 5.78. The lowest BCUT2D eigenvalue weighted by Crippen LogP contribution is -2.48. The van der Waals surface area contributed by atoms with Gasteiger partial charge in [-0.05, 0) is 49.6 Å². The zero-order valence-electron chi connectivity index (χ0n) is 19.0. The molecule has 1 aliphatic carbocycles. The molecule has 6 nitrogen and oxygen atoms in total. The number of benzene rings is 2. The molecule has 2 amide bonds. The van der Waals surface area contributed by atoms with Crippen molar-refractivity contribution in [2.24, 2.45) is 11.7 Å². The van der Waals surface area contributed by atoms with Gasteiger partial charge in [-0.2, -0.15) is 0 Å². The molecular weight excluding hydrogens is 402 g/mol. The summed E-state index contributed by atoms with van der Waals surface area (Å²) in [6, 6.07) is 13.1. The summed E-state index contributed by atoms with van der Waals surface area (Å²) in [6.07, 6.45) is 9.66. The van der Waals surface area contributed by atoms with Crippen LogP contribution in [0, 0.1) is 5.92 Å². The van der Waals surface area contributed by atoms with E-state index in [-0.39, 0.29) is 18.4 Å². The summed E-state index contributed by atoms with van der Waals surface area (Å²) in [5.41, 5.74) is 5.60. The highest BCUT2D eigenvalue weighted by molar-refractivity contribution is 5.90. The lowest BCUT2D eigenvalue weighted by atomic mass is 9.87.